The summed E-state index contributed by atoms with van der Waals surface area (Å²) in [6.45, 7) is 1.76. The third-order valence-electron chi connectivity index (χ3n) is 5.82. The number of para-hydroxylation sites is 1. The van der Waals surface area contributed by atoms with E-state index in [0.717, 1.165) is 32.1 Å². The van der Waals surface area contributed by atoms with Crippen LogP contribution in [0.25, 0.3) is 10.9 Å². The highest BCUT2D eigenvalue weighted by Crippen LogP contribution is 2.32. The van der Waals surface area contributed by atoms with Crippen LogP contribution >= 0.6 is 11.8 Å². The standard InChI is InChI=1S/C23H26N4O4S2/c1-15(21(28)25-16-11-13-18(14-12-16)33(24,30)31)32-23-26-20-10-6-5-9-19(20)22(29)27(23)17-7-3-2-4-8-17/h5-6,9-15,17H,2-4,7-8H2,1H3,(H,25,28)(H2,24,30,31). The van der Waals surface area contributed by atoms with Crippen molar-refractivity contribution in [2.24, 2.45) is 5.14 Å². The molecule has 1 aliphatic rings. The predicted octanol–water partition coefficient (Wildman–Crippen LogP) is 3.67. The first kappa shape index (κ1) is 23.5. The predicted molar refractivity (Wildman–Crippen MR) is 130 cm³/mol. The Morgan fingerprint density at radius 2 is 1.79 bits per heavy atom. The highest BCUT2D eigenvalue weighted by molar-refractivity contribution is 8.00. The first-order valence-corrected chi connectivity index (χ1v) is 13.3. The molecule has 1 unspecified atom stereocenters. The quantitative estimate of drug-likeness (QED) is 0.405. The fraction of sp³-hybridized carbons (Fsp3) is 0.348. The lowest BCUT2D eigenvalue weighted by Gasteiger charge is -2.26. The number of hydrogen-bond donors (Lipinski definition) is 2. The van der Waals surface area contributed by atoms with Crippen molar-refractivity contribution < 1.29 is 13.2 Å². The van der Waals surface area contributed by atoms with Crippen LogP contribution in [0.4, 0.5) is 5.69 Å². The van der Waals surface area contributed by atoms with E-state index in [9.17, 15) is 18.0 Å². The number of hydrogen-bond acceptors (Lipinski definition) is 6. The number of nitrogens with one attached hydrogen (secondary N) is 1. The minimum atomic E-state index is -3.80. The molecule has 0 radical (unpaired) electrons. The van der Waals surface area contributed by atoms with Gasteiger partial charge in [-0.2, -0.15) is 0 Å². The van der Waals surface area contributed by atoms with Crippen LogP contribution in [0.3, 0.4) is 0 Å². The number of benzene rings is 2. The minimum absolute atomic E-state index is 0.0280. The number of nitrogens with zero attached hydrogens (tertiary/aromatic N) is 2. The van der Waals surface area contributed by atoms with Crippen LogP contribution in [-0.2, 0) is 14.8 Å². The lowest BCUT2D eigenvalue weighted by atomic mass is 9.95. The van der Waals surface area contributed by atoms with Crippen molar-refractivity contribution in [1.82, 2.24) is 9.55 Å². The maximum atomic E-state index is 13.4. The first-order valence-electron chi connectivity index (χ1n) is 10.9. The van der Waals surface area contributed by atoms with Gasteiger partial charge in [0.2, 0.25) is 15.9 Å². The Morgan fingerprint density at radius 3 is 2.45 bits per heavy atom. The van der Waals surface area contributed by atoms with Crippen molar-refractivity contribution >= 4 is 44.3 Å². The fourth-order valence-corrected chi connectivity index (χ4v) is 5.55. The Bertz CT molecular complexity index is 1330. The second-order valence-electron chi connectivity index (χ2n) is 8.20. The van der Waals surface area contributed by atoms with Crippen LogP contribution in [0.2, 0.25) is 0 Å². The van der Waals surface area contributed by atoms with Crippen LogP contribution in [0.5, 0.6) is 0 Å². The van der Waals surface area contributed by atoms with E-state index in [1.807, 2.05) is 18.2 Å². The highest BCUT2D eigenvalue weighted by Gasteiger charge is 2.25. The van der Waals surface area contributed by atoms with Gasteiger partial charge in [-0.25, -0.2) is 18.5 Å². The summed E-state index contributed by atoms with van der Waals surface area (Å²) in [5.41, 5.74) is 1.00. The number of carbonyl (C=O) groups is 1. The average Bonchev–Trinajstić information content (AvgIpc) is 2.79. The summed E-state index contributed by atoms with van der Waals surface area (Å²) >= 11 is 1.25. The molecular formula is C23H26N4O4S2. The Balaban J connectivity index is 1.59. The first-order chi connectivity index (χ1) is 15.7. The number of anilines is 1. The van der Waals surface area contributed by atoms with E-state index in [4.69, 9.17) is 10.1 Å². The Kier molecular flexibility index (Phi) is 6.87. The molecule has 4 rings (SSSR count). The van der Waals surface area contributed by atoms with Crippen molar-refractivity contribution in [2.75, 3.05) is 5.32 Å². The maximum absolute atomic E-state index is 13.4. The molecule has 3 N–H and O–H groups in total. The van der Waals surface area contributed by atoms with Gasteiger partial charge in [-0.3, -0.25) is 14.2 Å². The molecule has 1 amide bonds. The number of rotatable bonds is 6. The number of carbonyl (C=O) groups excluding carboxylic acids is 1. The molecule has 0 spiro atoms. The SMILES string of the molecule is CC(Sc1nc2ccccc2c(=O)n1C1CCCCC1)C(=O)Nc1ccc(S(N)(=O)=O)cc1. The number of thioether (sulfide) groups is 1. The molecule has 1 heterocycles. The van der Waals surface area contributed by atoms with E-state index in [1.54, 1.807) is 17.6 Å². The van der Waals surface area contributed by atoms with Crippen molar-refractivity contribution in [2.45, 2.75) is 60.4 Å². The second-order valence-corrected chi connectivity index (χ2v) is 11.1. The number of aromatic nitrogens is 2. The molecular weight excluding hydrogens is 460 g/mol. The topological polar surface area (TPSA) is 124 Å². The van der Waals surface area contributed by atoms with Gasteiger partial charge in [0.25, 0.3) is 5.56 Å². The molecule has 1 aromatic heterocycles. The monoisotopic (exact) mass is 486 g/mol. The largest absolute Gasteiger partial charge is 0.325 e. The van der Waals surface area contributed by atoms with Gasteiger partial charge in [0.15, 0.2) is 5.16 Å². The molecule has 8 nitrogen and oxygen atoms in total. The number of fused-ring (bicyclic) bond motifs is 1. The molecule has 1 saturated carbocycles. The molecule has 0 aliphatic heterocycles. The van der Waals surface area contributed by atoms with Crippen LogP contribution in [0, 0.1) is 0 Å². The Labute approximate surface area is 196 Å². The number of nitrogens with two attached hydrogens (primary N) is 1. The highest BCUT2D eigenvalue weighted by atomic mass is 32.2. The maximum Gasteiger partial charge on any atom is 0.262 e. The summed E-state index contributed by atoms with van der Waals surface area (Å²) in [6, 6.07) is 13.0. The van der Waals surface area contributed by atoms with Gasteiger partial charge < -0.3 is 5.32 Å². The lowest BCUT2D eigenvalue weighted by molar-refractivity contribution is -0.115. The molecule has 10 heteroatoms. The van der Waals surface area contributed by atoms with Gasteiger partial charge in [0, 0.05) is 11.7 Å². The molecule has 1 atom stereocenters. The summed E-state index contributed by atoms with van der Waals surface area (Å²) in [5.74, 6) is -0.277. The molecule has 1 aliphatic carbocycles. The Hall–Kier alpha value is -2.69. The third-order valence-corrected chi connectivity index (χ3v) is 7.81. The van der Waals surface area contributed by atoms with Gasteiger partial charge in [0.05, 0.1) is 21.0 Å². The molecule has 1 fully saturated rings. The summed E-state index contributed by atoms with van der Waals surface area (Å²) < 4.78 is 24.6. The normalized spacial score (nSPS) is 15.9. The van der Waals surface area contributed by atoms with E-state index in [-0.39, 0.29) is 22.4 Å². The van der Waals surface area contributed by atoms with Gasteiger partial charge in [-0.15, -0.1) is 0 Å². The van der Waals surface area contributed by atoms with Gasteiger partial charge >= 0.3 is 0 Å². The number of sulfonamides is 1. The summed E-state index contributed by atoms with van der Waals surface area (Å²) in [6.07, 6.45) is 5.14. The fourth-order valence-electron chi connectivity index (χ4n) is 4.05. The van der Waals surface area contributed by atoms with Crippen molar-refractivity contribution in [3.63, 3.8) is 0 Å². The van der Waals surface area contributed by atoms with E-state index in [2.05, 4.69) is 5.32 Å². The third kappa shape index (κ3) is 5.29. The summed E-state index contributed by atoms with van der Waals surface area (Å²) in [7, 11) is -3.80. The van der Waals surface area contributed by atoms with Crippen LogP contribution < -0.4 is 16.0 Å². The second kappa shape index (κ2) is 9.66. The molecule has 174 valence electrons. The van der Waals surface area contributed by atoms with E-state index in [1.165, 1.54) is 36.0 Å². The Morgan fingerprint density at radius 1 is 1.12 bits per heavy atom. The summed E-state index contributed by atoms with van der Waals surface area (Å²) in [4.78, 5) is 30.9. The smallest absolute Gasteiger partial charge is 0.262 e. The minimum Gasteiger partial charge on any atom is -0.325 e. The zero-order valence-corrected chi connectivity index (χ0v) is 19.9. The van der Waals surface area contributed by atoms with Crippen LogP contribution in [0.1, 0.15) is 45.1 Å². The zero-order valence-electron chi connectivity index (χ0n) is 18.2. The van der Waals surface area contributed by atoms with Crippen LogP contribution in [-0.4, -0.2) is 29.1 Å². The van der Waals surface area contributed by atoms with E-state index >= 15 is 0 Å². The number of amides is 1. The van der Waals surface area contributed by atoms with Crippen LogP contribution in [0.15, 0.2) is 63.4 Å². The van der Waals surface area contributed by atoms with Crippen molar-refractivity contribution in [1.29, 1.82) is 0 Å². The lowest BCUT2D eigenvalue weighted by Crippen LogP contribution is -2.30. The van der Waals surface area contributed by atoms with Gasteiger partial charge in [-0.1, -0.05) is 43.2 Å². The average molecular weight is 487 g/mol. The van der Waals surface area contributed by atoms with E-state index < -0.39 is 15.3 Å². The molecule has 0 bridgehead atoms. The van der Waals surface area contributed by atoms with Crippen molar-refractivity contribution in [3.05, 3.63) is 58.9 Å². The van der Waals surface area contributed by atoms with Gasteiger partial charge in [0.1, 0.15) is 0 Å². The number of primary sulfonamides is 1. The molecule has 0 saturated heterocycles. The molecule has 33 heavy (non-hydrogen) atoms. The molecule has 3 aromatic rings. The van der Waals surface area contributed by atoms with Gasteiger partial charge in [-0.05, 0) is 56.2 Å². The van der Waals surface area contributed by atoms with Crippen molar-refractivity contribution in [3.8, 4) is 0 Å². The summed E-state index contributed by atoms with van der Waals surface area (Å²) in [5, 5.41) is 8.48. The van der Waals surface area contributed by atoms with E-state index in [0.29, 0.717) is 21.7 Å². The zero-order chi connectivity index (χ0) is 23.6. The molecule has 2 aromatic carbocycles.